The minimum absolute atomic E-state index is 0. The van der Waals surface area contributed by atoms with E-state index in [1.54, 1.807) is 0 Å². The minimum Gasteiger partial charge on any atom is -0.153 e. The highest BCUT2D eigenvalue weighted by Crippen LogP contribution is 2.23. The van der Waals surface area contributed by atoms with Crippen LogP contribution in [0.4, 0.5) is 0 Å². The monoisotopic (exact) mass is 220 g/mol. The molecule has 0 saturated heterocycles. The summed E-state index contributed by atoms with van der Waals surface area (Å²) in [5.74, 6) is 0.843. The van der Waals surface area contributed by atoms with Crippen molar-refractivity contribution in [3.63, 3.8) is 0 Å². The Hall–Kier alpha value is 1.01. The van der Waals surface area contributed by atoms with Crippen LogP contribution in [0.3, 0.4) is 0 Å². The summed E-state index contributed by atoms with van der Waals surface area (Å²) in [5.41, 5.74) is 0.522. The SMILES string of the molecule is CC(C)CC(C)(C)C.Cl.Cl.P. The summed E-state index contributed by atoms with van der Waals surface area (Å²) in [4.78, 5) is 0. The van der Waals surface area contributed by atoms with Crippen molar-refractivity contribution in [2.45, 2.75) is 41.0 Å². The second kappa shape index (κ2) is 9.10. The van der Waals surface area contributed by atoms with Crippen molar-refractivity contribution in [3.05, 3.63) is 0 Å². The van der Waals surface area contributed by atoms with Crippen LogP contribution in [0.1, 0.15) is 41.0 Å². The van der Waals surface area contributed by atoms with Gasteiger partial charge in [0, 0.05) is 0 Å². The molecule has 0 saturated carbocycles. The molecule has 0 aromatic carbocycles. The molecular weight excluding hydrogens is 198 g/mol. The van der Waals surface area contributed by atoms with Gasteiger partial charge in [0.05, 0.1) is 0 Å². The Morgan fingerprint density at radius 2 is 1.27 bits per heavy atom. The summed E-state index contributed by atoms with van der Waals surface area (Å²) < 4.78 is 0. The molecule has 11 heavy (non-hydrogen) atoms. The fraction of sp³-hybridized carbons (Fsp3) is 1.00. The molecule has 1 atom stereocenters. The molecular formula is C8H23Cl2P. The van der Waals surface area contributed by atoms with Gasteiger partial charge >= 0.3 is 0 Å². The summed E-state index contributed by atoms with van der Waals surface area (Å²) >= 11 is 0. The van der Waals surface area contributed by atoms with Gasteiger partial charge in [-0.3, -0.25) is 0 Å². The highest BCUT2D eigenvalue weighted by atomic mass is 35.5. The molecule has 1 unspecified atom stereocenters. The molecule has 74 valence electrons. The van der Waals surface area contributed by atoms with Gasteiger partial charge in [-0.05, 0) is 17.8 Å². The van der Waals surface area contributed by atoms with Crippen molar-refractivity contribution >= 4 is 34.7 Å². The van der Waals surface area contributed by atoms with E-state index >= 15 is 0 Å². The van der Waals surface area contributed by atoms with Crippen LogP contribution in [0, 0.1) is 11.3 Å². The molecule has 0 fully saturated rings. The van der Waals surface area contributed by atoms with E-state index in [9.17, 15) is 0 Å². The number of hydrogen-bond donors (Lipinski definition) is 0. The van der Waals surface area contributed by atoms with Gasteiger partial charge in [0.2, 0.25) is 0 Å². The van der Waals surface area contributed by atoms with Crippen LogP contribution in [-0.2, 0) is 0 Å². The third-order valence-electron chi connectivity index (χ3n) is 1.02. The summed E-state index contributed by atoms with van der Waals surface area (Å²) in [6.07, 6.45) is 1.33. The Bertz CT molecular complexity index is 67.0. The Balaban J connectivity index is -0.0000000817. The van der Waals surface area contributed by atoms with Crippen LogP contribution in [0.2, 0.25) is 0 Å². The molecule has 0 aliphatic carbocycles. The van der Waals surface area contributed by atoms with Gasteiger partial charge < -0.3 is 0 Å². The molecule has 0 aliphatic heterocycles. The lowest BCUT2D eigenvalue weighted by Crippen LogP contribution is -2.08. The van der Waals surface area contributed by atoms with E-state index in [1.165, 1.54) is 6.42 Å². The summed E-state index contributed by atoms with van der Waals surface area (Å²) in [6.45, 7) is 11.4. The molecule has 0 nitrogen and oxygen atoms in total. The first-order valence-electron chi connectivity index (χ1n) is 3.42. The van der Waals surface area contributed by atoms with Crippen molar-refractivity contribution in [2.75, 3.05) is 0 Å². The second-order valence-corrected chi connectivity index (χ2v) is 4.16. The second-order valence-electron chi connectivity index (χ2n) is 4.16. The molecule has 0 rings (SSSR count). The molecule has 0 spiro atoms. The van der Waals surface area contributed by atoms with Crippen molar-refractivity contribution in [1.82, 2.24) is 0 Å². The highest BCUT2D eigenvalue weighted by Gasteiger charge is 2.11. The predicted molar refractivity (Wildman–Crippen MR) is 64.5 cm³/mol. The number of hydrogen-bond acceptors (Lipinski definition) is 0. The average molecular weight is 221 g/mol. The summed E-state index contributed by atoms with van der Waals surface area (Å²) in [6, 6.07) is 0. The Morgan fingerprint density at radius 1 is 1.00 bits per heavy atom. The maximum Gasteiger partial charge on any atom is -0.0380 e. The maximum atomic E-state index is 2.28. The Kier molecular flexibility index (Phi) is 18.8. The largest absolute Gasteiger partial charge is 0.153 e. The number of halogens is 2. The molecule has 0 aliphatic rings. The first-order chi connectivity index (χ1) is 3.42. The lowest BCUT2D eigenvalue weighted by molar-refractivity contribution is 0.320. The fourth-order valence-electron chi connectivity index (χ4n) is 1.22. The lowest BCUT2D eigenvalue weighted by atomic mass is 9.86. The van der Waals surface area contributed by atoms with E-state index < -0.39 is 0 Å². The number of rotatable bonds is 1. The highest BCUT2D eigenvalue weighted by molar-refractivity contribution is 6.92. The van der Waals surface area contributed by atoms with E-state index in [0.717, 1.165) is 5.92 Å². The van der Waals surface area contributed by atoms with Crippen molar-refractivity contribution in [1.29, 1.82) is 0 Å². The van der Waals surface area contributed by atoms with Gasteiger partial charge in [0.1, 0.15) is 0 Å². The molecule has 0 amide bonds. The van der Waals surface area contributed by atoms with Crippen LogP contribution in [0.25, 0.3) is 0 Å². The third kappa shape index (κ3) is 24.7. The summed E-state index contributed by atoms with van der Waals surface area (Å²) in [7, 11) is 0. The van der Waals surface area contributed by atoms with Gasteiger partial charge in [0.15, 0.2) is 0 Å². The Morgan fingerprint density at radius 3 is 1.27 bits per heavy atom. The molecule has 0 bridgehead atoms. The first kappa shape index (κ1) is 22.7. The molecule has 0 heterocycles. The van der Waals surface area contributed by atoms with Gasteiger partial charge in [-0.1, -0.05) is 34.6 Å². The molecule has 0 aromatic rings. The quantitative estimate of drug-likeness (QED) is 0.587. The first-order valence-corrected chi connectivity index (χ1v) is 3.42. The van der Waals surface area contributed by atoms with E-state index in [4.69, 9.17) is 0 Å². The van der Waals surface area contributed by atoms with Crippen LogP contribution >= 0.6 is 34.7 Å². The molecule has 0 aromatic heterocycles. The van der Waals surface area contributed by atoms with Gasteiger partial charge in [-0.25, -0.2) is 0 Å². The van der Waals surface area contributed by atoms with Crippen molar-refractivity contribution < 1.29 is 0 Å². The van der Waals surface area contributed by atoms with Crippen molar-refractivity contribution in [2.24, 2.45) is 11.3 Å². The molecule has 0 N–H and O–H groups in total. The van der Waals surface area contributed by atoms with Crippen LogP contribution in [0.5, 0.6) is 0 Å². The molecule has 3 heteroatoms. The van der Waals surface area contributed by atoms with E-state index in [1.807, 2.05) is 0 Å². The average Bonchev–Trinajstić information content (AvgIpc) is 1.21. The van der Waals surface area contributed by atoms with Gasteiger partial charge in [-0.15, -0.1) is 24.8 Å². The van der Waals surface area contributed by atoms with E-state index in [-0.39, 0.29) is 34.7 Å². The van der Waals surface area contributed by atoms with Crippen LogP contribution < -0.4 is 0 Å². The molecule has 0 radical (unpaired) electrons. The third-order valence-corrected chi connectivity index (χ3v) is 1.02. The maximum absolute atomic E-state index is 2.28. The normalized spacial score (nSPS) is 9.27. The zero-order chi connectivity index (χ0) is 6.78. The van der Waals surface area contributed by atoms with Crippen LogP contribution in [-0.4, -0.2) is 0 Å². The van der Waals surface area contributed by atoms with Gasteiger partial charge in [0.25, 0.3) is 0 Å². The Labute approximate surface area is 87.4 Å². The zero-order valence-electron chi connectivity index (χ0n) is 8.31. The predicted octanol–water partition coefficient (Wildman–Crippen LogP) is 3.98. The smallest absolute Gasteiger partial charge is 0.0380 e. The standard InChI is InChI=1S/C8H18.2ClH.H3P/c1-7(2)6-8(3,4)5;;;/h7H,6H2,1-5H3;2*1H;1H3. The fourth-order valence-corrected chi connectivity index (χ4v) is 1.22. The van der Waals surface area contributed by atoms with E-state index in [0.29, 0.717) is 5.41 Å². The van der Waals surface area contributed by atoms with Crippen LogP contribution in [0.15, 0.2) is 0 Å². The summed E-state index contributed by atoms with van der Waals surface area (Å²) in [5, 5.41) is 0. The van der Waals surface area contributed by atoms with Gasteiger partial charge in [-0.2, -0.15) is 9.90 Å². The minimum atomic E-state index is 0. The topological polar surface area (TPSA) is 0 Å². The van der Waals surface area contributed by atoms with Crippen molar-refractivity contribution in [3.8, 4) is 0 Å². The zero-order valence-corrected chi connectivity index (χ0v) is 11.4. The van der Waals surface area contributed by atoms with E-state index in [2.05, 4.69) is 34.6 Å². The lowest BCUT2D eigenvalue weighted by Gasteiger charge is -2.19.